The van der Waals surface area contributed by atoms with Crippen molar-refractivity contribution in [1.29, 1.82) is 0 Å². The van der Waals surface area contributed by atoms with Gasteiger partial charge in [-0.05, 0) is 57.2 Å². The van der Waals surface area contributed by atoms with Gasteiger partial charge in [0.2, 0.25) is 0 Å². The van der Waals surface area contributed by atoms with Crippen molar-refractivity contribution in [2.45, 2.75) is 41.0 Å². The summed E-state index contributed by atoms with van der Waals surface area (Å²) in [5, 5.41) is 0. The summed E-state index contributed by atoms with van der Waals surface area (Å²) in [6.45, 7) is 6.56. The number of hydrogen-bond donors (Lipinski definition) is 0. The first-order valence-electron chi connectivity index (χ1n) is 6.11. The predicted octanol–water partition coefficient (Wildman–Crippen LogP) is 4.84. The molecule has 1 aromatic heterocycles. The Kier molecular flexibility index (Phi) is 4.46. The Labute approximate surface area is 123 Å². The summed E-state index contributed by atoms with van der Waals surface area (Å²) in [7, 11) is 0. The van der Waals surface area contributed by atoms with Gasteiger partial charge in [0.05, 0.1) is 4.21 Å². The summed E-state index contributed by atoms with van der Waals surface area (Å²) < 4.78 is 1.44. The minimum Gasteiger partial charge on any atom is -0.134 e. The highest BCUT2D eigenvalue weighted by Crippen LogP contribution is 2.34. The van der Waals surface area contributed by atoms with E-state index < -0.39 is 0 Å². The standard InChI is InChI=1S/C15H18S3/c1-4-15(3,16)12-6-8-13(9-7-12)18-14-10-5-11(2)17-14/h5-10,16H,4H2,1-3H3/p+1. The fraction of sp³-hybridized carbons (Fsp3) is 0.333. The van der Waals surface area contributed by atoms with E-state index in [0.29, 0.717) is 0 Å². The zero-order valence-corrected chi connectivity index (χ0v) is 13.6. The third kappa shape index (κ3) is 3.34. The van der Waals surface area contributed by atoms with Crippen molar-refractivity contribution in [3.63, 3.8) is 0 Å². The van der Waals surface area contributed by atoms with Crippen molar-refractivity contribution >= 4 is 35.7 Å². The molecular formula is C15H19S3+. The molecule has 0 saturated heterocycles. The highest BCUT2D eigenvalue weighted by Gasteiger charge is 2.25. The Morgan fingerprint density at radius 1 is 1.17 bits per heavy atom. The Morgan fingerprint density at radius 2 is 1.83 bits per heavy atom. The van der Waals surface area contributed by atoms with Crippen LogP contribution in [-0.2, 0) is 17.4 Å². The quantitative estimate of drug-likeness (QED) is 0.727. The van der Waals surface area contributed by atoms with E-state index >= 15 is 0 Å². The molecule has 2 rings (SSSR count). The van der Waals surface area contributed by atoms with Crippen LogP contribution in [0.1, 0.15) is 30.7 Å². The van der Waals surface area contributed by atoms with E-state index in [1.165, 1.54) is 19.5 Å². The lowest BCUT2D eigenvalue weighted by molar-refractivity contribution is 0.668. The number of thiophene rings is 1. The van der Waals surface area contributed by atoms with E-state index in [4.69, 9.17) is 0 Å². The largest absolute Gasteiger partial charge is 0.145 e. The first-order chi connectivity index (χ1) is 8.51. The lowest BCUT2D eigenvalue weighted by Crippen LogP contribution is -2.16. The average Bonchev–Trinajstić information content (AvgIpc) is 2.75. The van der Waals surface area contributed by atoms with Crippen LogP contribution >= 0.6 is 23.1 Å². The van der Waals surface area contributed by atoms with Crippen LogP contribution in [0.25, 0.3) is 0 Å². The molecule has 2 aromatic rings. The molecule has 0 nitrogen and oxygen atoms in total. The molecule has 0 fully saturated rings. The van der Waals surface area contributed by atoms with Gasteiger partial charge in [0.15, 0.2) is 0 Å². The lowest BCUT2D eigenvalue weighted by atomic mass is 9.98. The van der Waals surface area contributed by atoms with Gasteiger partial charge >= 0.3 is 0 Å². The Hall–Kier alpha value is -0.380. The van der Waals surface area contributed by atoms with Crippen molar-refractivity contribution in [2.75, 3.05) is 0 Å². The summed E-state index contributed by atoms with van der Waals surface area (Å²) in [4.78, 5) is 2.67. The van der Waals surface area contributed by atoms with Crippen molar-refractivity contribution < 1.29 is 0 Å². The summed E-state index contributed by atoms with van der Waals surface area (Å²) in [6, 6.07) is 13.2. The van der Waals surface area contributed by atoms with Crippen LogP contribution in [-0.4, -0.2) is 0 Å². The maximum atomic E-state index is 3.83. The number of aryl methyl sites for hydroxylation is 1. The second-order valence-electron chi connectivity index (χ2n) is 4.68. The highest BCUT2D eigenvalue weighted by molar-refractivity contribution is 8.01. The topological polar surface area (TPSA) is 0 Å². The molecule has 18 heavy (non-hydrogen) atoms. The van der Waals surface area contributed by atoms with Gasteiger partial charge < -0.3 is 0 Å². The monoisotopic (exact) mass is 295 g/mol. The van der Waals surface area contributed by atoms with E-state index in [2.05, 4.69) is 69.8 Å². The Morgan fingerprint density at radius 3 is 2.33 bits per heavy atom. The first kappa shape index (κ1) is 14.0. The van der Waals surface area contributed by atoms with Gasteiger partial charge in [-0.1, -0.05) is 30.8 Å². The van der Waals surface area contributed by atoms with Gasteiger partial charge in [0.25, 0.3) is 0 Å². The van der Waals surface area contributed by atoms with Crippen LogP contribution < -0.4 is 0 Å². The molecule has 1 atom stereocenters. The van der Waals surface area contributed by atoms with Crippen molar-refractivity contribution in [3.8, 4) is 0 Å². The Bertz CT molecular complexity index is 509. The third-order valence-electron chi connectivity index (χ3n) is 3.13. The van der Waals surface area contributed by atoms with E-state index in [-0.39, 0.29) is 4.75 Å². The van der Waals surface area contributed by atoms with Crippen LogP contribution in [0.2, 0.25) is 0 Å². The van der Waals surface area contributed by atoms with Crippen LogP contribution in [0.4, 0.5) is 0 Å². The molecule has 0 radical (unpaired) electrons. The average molecular weight is 296 g/mol. The number of hydrogen-bond acceptors (Lipinski definition) is 2. The number of rotatable bonds is 4. The van der Waals surface area contributed by atoms with Crippen molar-refractivity contribution in [1.82, 2.24) is 0 Å². The van der Waals surface area contributed by atoms with Gasteiger partial charge in [0.1, 0.15) is 4.75 Å². The van der Waals surface area contributed by atoms with Crippen molar-refractivity contribution in [3.05, 3.63) is 46.8 Å². The third-order valence-corrected chi connectivity index (χ3v) is 5.92. The fourth-order valence-electron chi connectivity index (χ4n) is 1.68. The maximum Gasteiger partial charge on any atom is 0.145 e. The summed E-state index contributed by atoms with van der Waals surface area (Å²) in [5.74, 6) is 0. The van der Waals surface area contributed by atoms with Crippen LogP contribution in [0.15, 0.2) is 45.5 Å². The maximum absolute atomic E-state index is 3.83. The summed E-state index contributed by atoms with van der Waals surface area (Å²) in [5.41, 5.74) is 1.34. The molecule has 96 valence electrons. The van der Waals surface area contributed by atoms with E-state index in [9.17, 15) is 0 Å². The van der Waals surface area contributed by atoms with Gasteiger partial charge in [-0.25, -0.2) is 0 Å². The summed E-state index contributed by atoms with van der Waals surface area (Å²) >= 11 is 7.52. The zero-order chi connectivity index (χ0) is 13.2. The van der Waals surface area contributed by atoms with E-state index in [0.717, 1.165) is 6.42 Å². The predicted molar refractivity (Wildman–Crippen MR) is 87.4 cm³/mol. The SMILES string of the molecule is CCC(C)([SH2+])c1ccc(Sc2ccc(C)s2)cc1. The van der Waals surface area contributed by atoms with Gasteiger partial charge in [-0.15, -0.1) is 11.3 Å². The molecule has 1 aromatic carbocycles. The molecule has 1 unspecified atom stereocenters. The lowest BCUT2D eigenvalue weighted by Gasteiger charge is -2.16. The van der Waals surface area contributed by atoms with Gasteiger partial charge in [0, 0.05) is 15.3 Å². The molecular weight excluding hydrogens is 276 g/mol. The van der Waals surface area contributed by atoms with E-state index in [1.807, 2.05) is 23.1 Å². The molecule has 0 amide bonds. The molecule has 0 N–H and O–H groups in total. The van der Waals surface area contributed by atoms with Crippen LogP contribution in [0, 0.1) is 6.92 Å². The highest BCUT2D eigenvalue weighted by atomic mass is 32.2. The molecule has 0 aliphatic carbocycles. The molecule has 0 saturated carbocycles. The Balaban J connectivity index is 2.13. The van der Waals surface area contributed by atoms with Gasteiger partial charge in [-0.3, -0.25) is 0 Å². The zero-order valence-electron chi connectivity index (χ0n) is 11.0. The van der Waals surface area contributed by atoms with E-state index in [1.54, 1.807) is 0 Å². The molecule has 0 aliphatic heterocycles. The van der Waals surface area contributed by atoms with Crippen LogP contribution in [0.3, 0.4) is 0 Å². The second-order valence-corrected chi connectivity index (χ2v) is 8.44. The normalized spacial score (nSPS) is 14.4. The minimum atomic E-state index is 0.0860. The van der Waals surface area contributed by atoms with Gasteiger partial charge in [-0.2, -0.15) is 0 Å². The smallest absolute Gasteiger partial charge is 0.134 e. The molecule has 1 heterocycles. The molecule has 0 spiro atoms. The molecule has 3 heteroatoms. The minimum absolute atomic E-state index is 0.0860. The molecule has 0 bridgehead atoms. The first-order valence-corrected chi connectivity index (χ1v) is 8.24. The number of benzene rings is 1. The van der Waals surface area contributed by atoms with Crippen LogP contribution in [0.5, 0.6) is 0 Å². The fourth-order valence-corrected chi connectivity index (χ4v) is 3.92. The van der Waals surface area contributed by atoms with Crippen molar-refractivity contribution in [2.24, 2.45) is 0 Å². The summed E-state index contributed by atoms with van der Waals surface area (Å²) in [6.07, 6.45) is 1.08. The molecule has 0 aliphatic rings. The second kappa shape index (κ2) is 5.72.